The van der Waals surface area contributed by atoms with Crippen LogP contribution in [-0.4, -0.2) is 22.2 Å². The lowest BCUT2D eigenvalue weighted by molar-refractivity contribution is 0.438. The quantitative estimate of drug-likeness (QED) is 0.535. The van der Waals surface area contributed by atoms with E-state index in [2.05, 4.69) is 26.5 Å². The molecule has 7 heteroatoms. The molecule has 6 nitrogen and oxygen atoms in total. The van der Waals surface area contributed by atoms with Crippen LogP contribution in [0.1, 0.15) is 39.5 Å². The highest BCUT2D eigenvalue weighted by Gasteiger charge is 2.39. The van der Waals surface area contributed by atoms with Gasteiger partial charge in [0.15, 0.2) is 5.82 Å². The lowest BCUT2D eigenvalue weighted by Gasteiger charge is -2.23. The molecule has 0 saturated heterocycles. The van der Waals surface area contributed by atoms with Gasteiger partial charge in [0, 0.05) is 12.3 Å². The van der Waals surface area contributed by atoms with Crippen molar-refractivity contribution in [3.05, 3.63) is 23.3 Å². The number of allylic oxidation sites excluding steroid dienone is 1. The van der Waals surface area contributed by atoms with E-state index in [1.165, 1.54) is 25.7 Å². The van der Waals surface area contributed by atoms with E-state index in [1.54, 1.807) is 17.6 Å². The van der Waals surface area contributed by atoms with Crippen molar-refractivity contribution in [2.75, 3.05) is 10.6 Å². The van der Waals surface area contributed by atoms with Crippen molar-refractivity contribution in [1.29, 1.82) is 0 Å². The van der Waals surface area contributed by atoms with Gasteiger partial charge in [0.25, 0.3) is 0 Å². The Morgan fingerprint density at radius 2 is 2.20 bits per heavy atom. The SMILES string of the molecule is C/C=C(\N/N=C/C)Nc1nc(NC2CC3CCC2C3)nc2ccsc12. The van der Waals surface area contributed by atoms with Crippen LogP contribution >= 0.6 is 11.3 Å². The maximum absolute atomic E-state index is 4.76. The second kappa shape index (κ2) is 7.00. The van der Waals surface area contributed by atoms with Crippen molar-refractivity contribution in [3.8, 4) is 0 Å². The van der Waals surface area contributed by atoms with Crippen LogP contribution < -0.4 is 16.1 Å². The molecular weight excluding hydrogens is 332 g/mol. The summed E-state index contributed by atoms with van der Waals surface area (Å²) in [5, 5.41) is 13.1. The van der Waals surface area contributed by atoms with Crippen LogP contribution in [0.15, 0.2) is 28.4 Å². The molecule has 2 bridgehead atoms. The Morgan fingerprint density at radius 3 is 2.92 bits per heavy atom. The first-order chi connectivity index (χ1) is 12.3. The highest BCUT2D eigenvalue weighted by atomic mass is 32.1. The van der Waals surface area contributed by atoms with Gasteiger partial charge in [0.1, 0.15) is 5.82 Å². The molecule has 2 aliphatic carbocycles. The fourth-order valence-electron chi connectivity index (χ4n) is 4.03. The first-order valence-electron chi connectivity index (χ1n) is 8.95. The number of hydrazone groups is 1. The Balaban J connectivity index is 1.58. The molecule has 0 aromatic carbocycles. The van der Waals surface area contributed by atoms with Gasteiger partial charge in [-0.05, 0) is 62.5 Å². The predicted molar refractivity (Wildman–Crippen MR) is 105 cm³/mol. The number of hydrogen-bond donors (Lipinski definition) is 3. The van der Waals surface area contributed by atoms with E-state index in [0.29, 0.717) is 6.04 Å². The third-order valence-corrected chi connectivity index (χ3v) is 6.12. The zero-order valence-corrected chi connectivity index (χ0v) is 15.4. The number of nitrogens with one attached hydrogen (secondary N) is 3. The fourth-order valence-corrected chi connectivity index (χ4v) is 4.80. The zero-order chi connectivity index (χ0) is 17.2. The van der Waals surface area contributed by atoms with E-state index in [-0.39, 0.29) is 0 Å². The summed E-state index contributed by atoms with van der Waals surface area (Å²) in [6, 6.07) is 2.57. The Kier molecular flexibility index (Phi) is 4.57. The zero-order valence-electron chi connectivity index (χ0n) is 14.6. The lowest BCUT2D eigenvalue weighted by Crippen LogP contribution is -2.27. The second-order valence-electron chi connectivity index (χ2n) is 6.78. The van der Waals surface area contributed by atoms with Crippen LogP contribution in [0.4, 0.5) is 11.8 Å². The van der Waals surface area contributed by atoms with Crippen molar-refractivity contribution in [3.63, 3.8) is 0 Å². The third kappa shape index (κ3) is 3.33. The Labute approximate surface area is 151 Å². The summed E-state index contributed by atoms with van der Waals surface area (Å²) in [7, 11) is 0. The van der Waals surface area contributed by atoms with Gasteiger partial charge in [0.05, 0.1) is 10.2 Å². The van der Waals surface area contributed by atoms with E-state index >= 15 is 0 Å². The topological polar surface area (TPSA) is 74.2 Å². The van der Waals surface area contributed by atoms with Gasteiger partial charge < -0.3 is 10.6 Å². The molecule has 3 N–H and O–H groups in total. The van der Waals surface area contributed by atoms with Gasteiger partial charge in [-0.3, -0.25) is 5.43 Å². The van der Waals surface area contributed by atoms with Crippen LogP contribution in [0, 0.1) is 11.8 Å². The van der Waals surface area contributed by atoms with Crippen LogP contribution in [0.2, 0.25) is 0 Å². The van der Waals surface area contributed by atoms with Gasteiger partial charge in [-0.25, -0.2) is 4.98 Å². The normalized spacial score (nSPS) is 25.8. The lowest BCUT2D eigenvalue weighted by atomic mass is 9.95. The van der Waals surface area contributed by atoms with Crippen LogP contribution in [0.3, 0.4) is 0 Å². The Bertz CT molecular complexity index is 811. The van der Waals surface area contributed by atoms with Gasteiger partial charge >= 0.3 is 0 Å². The Morgan fingerprint density at radius 1 is 1.28 bits per heavy atom. The smallest absolute Gasteiger partial charge is 0.225 e. The fraction of sp³-hybridized carbons (Fsp3) is 0.500. The number of anilines is 2. The standard InChI is InChI=1S/C18H24N6S/c1-3-15(24-19-4-2)22-17-16-13(7-8-25-16)20-18(23-17)21-14-10-11-5-6-12(14)9-11/h3-4,7-8,11-12,14,24H,5-6,9-10H2,1-2H3,(H2,20,21,22,23)/b15-3-,19-4+. The molecule has 3 unspecified atom stereocenters. The molecule has 3 atom stereocenters. The molecule has 0 radical (unpaired) electrons. The van der Waals surface area contributed by atoms with E-state index in [1.807, 2.05) is 26.0 Å². The van der Waals surface area contributed by atoms with Crippen LogP contribution in [0.5, 0.6) is 0 Å². The van der Waals surface area contributed by atoms with Crippen molar-refractivity contribution < 1.29 is 0 Å². The van der Waals surface area contributed by atoms with E-state index in [0.717, 1.165) is 39.6 Å². The van der Waals surface area contributed by atoms with Crippen molar-refractivity contribution in [2.45, 2.75) is 45.6 Å². The minimum Gasteiger partial charge on any atom is -0.351 e. The molecular formula is C18H24N6S. The monoisotopic (exact) mass is 356 g/mol. The van der Waals surface area contributed by atoms with E-state index in [9.17, 15) is 0 Å². The van der Waals surface area contributed by atoms with E-state index in [4.69, 9.17) is 9.97 Å². The summed E-state index contributed by atoms with van der Waals surface area (Å²) in [4.78, 5) is 9.48. The maximum Gasteiger partial charge on any atom is 0.225 e. The predicted octanol–water partition coefficient (Wildman–Crippen LogP) is 4.16. The molecule has 2 saturated carbocycles. The average Bonchev–Trinajstić information content (AvgIpc) is 3.34. The summed E-state index contributed by atoms with van der Waals surface area (Å²) in [5.41, 5.74) is 3.96. The van der Waals surface area contributed by atoms with Crippen molar-refractivity contribution in [2.24, 2.45) is 16.9 Å². The first kappa shape index (κ1) is 16.3. The van der Waals surface area contributed by atoms with Gasteiger partial charge in [0.2, 0.25) is 5.95 Å². The highest BCUT2D eigenvalue weighted by Crippen LogP contribution is 2.45. The van der Waals surface area contributed by atoms with Gasteiger partial charge in [-0.2, -0.15) is 10.1 Å². The molecule has 0 spiro atoms. The van der Waals surface area contributed by atoms with E-state index < -0.39 is 0 Å². The molecule has 25 heavy (non-hydrogen) atoms. The summed E-state index contributed by atoms with van der Waals surface area (Å²) < 4.78 is 1.06. The second-order valence-corrected chi connectivity index (χ2v) is 7.70. The summed E-state index contributed by atoms with van der Waals surface area (Å²) in [5.74, 6) is 4.03. The highest BCUT2D eigenvalue weighted by molar-refractivity contribution is 7.17. The number of hydrogen-bond acceptors (Lipinski definition) is 7. The molecule has 2 fully saturated rings. The summed E-state index contributed by atoms with van der Waals surface area (Å²) in [6.07, 6.45) is 9.02. The molecule has 2 aromatic heterocycles. The minimum absolute atomic E-state index is 0.520. The molecule has 2 heterocycles. The Hall–Kier alpha value is -2.15. The number of nitrogens with zero attached hydrogens (tertiary/aromatic N) is 3. The molecule has 2 aliphatic rings. The first-order valence-corrected chi connectivity index (χ1v) is 9.83. The molecule has 2 aromatic rings. The molecule has 4 rings (SSSR count). The summed E-state index contributed by atoms with van der Waals surface area (Å²) in [6.45, 7) is 3.83. The molecule has 132 valence electrons. The number of rotatable bonds is 6. The largest absolute Gasteiger partial charge is 0.351 e. The van der Waals surface area contributed by atoms with Crippen LogP contribution in [-0.2, 0) is 0 Å². The van der Waals surface area contributed by atoms with Crippen molar-refractivity contribution >= 4 is 39.5 Å². The molecule has 0 amide bonds. The van der Waals surface area contributed by atoms with Crippen LogP contribution in [0.25, 0.3) is 10.2 Å². The average molecular weight is 356 g/mol. The summed E-state index contributed by atoms with van der Waals surface area (Å²) >= 11 is 1.65. The van der Waals surface area contributed by atoms with Gasteiger partial charge in [-0.15, -0.1) is 11.3 Å². The number of aromatic nitrogens is 2. The third-order valence-electron chi connectivity index (χ3n) is 5.21. The van der Waals surface area contributed by atoms with Gasteiger partial charge in [-0.1, -0.05) is 6.42 Å². The minimum atomic E-state index is 0.520. The number of thiophene rings is 1. The maximum atomic E-state index is 4.76. The van der Waals surface area contributed by atoms with Crippen molar-refractivity contribution in [1.82, 2.24) is 15.4 Å². The molecule has 0 aliphatic heterocycles. The number of fused-ring (bicyclic) bond motifs is 3.